The zero-order valence-corrected chi connectivity index (χ0v) is 20.3. The highest BCUT2D eigenvalue weighted by atomic mass is 127. The minimum atomic E-state index is -3.04. The molecule has 0 amide bonds. The molecule has 0 aromatic carbocycles. The topological polar surface area (TPSA) is 92.5 Å². The van der Waals surface area contributed by atoms with Gasteiger partial charge in [-0.2, -0.15) is 0 Å². The number of aromatic nitrogens is 3. The van der Waals surface area contributed by atoms with E-state index in [0.29, 0.717) is 13.1 Å². The van der Waals surface area contributed by atoms with Crippen LogP contribution in [0.1, 0.15) is 51.2 Å². The molecule has 0 radical (unpaired) electrons. The van der Waals surface area contributed by atoms with E-state index < -0.39 is 14.6 Å². The van der Waals surface area contributed by atoms with Crippen LogP contribution in [0.4, 0.5) is 0 Å². The minimum absolute atomic E-state index is 0. The molecule has 1 aromatic rings. The lowest BCUT2D eigenvalue weighted by molar-refractivity contribution is 0.353. The number of sulfone groups is 1. The van der Waals surface area contributed by atoms with Crippen LogP contribution in [0.15, 0.2) is 4.99 Å². The summed E-state index contributed by atoms with van der Waals surface area (Å²) in [7, 11) is -1.30. The molecule has 3 heterocycles. The molecule has 0 spiro atoms. The predicted octanol–water partition coefficient (Wildman–Crippen LogP) is 1.64. The van der Waals surface area contributed by atoms with Crippen molar-refractivity contribution in [2.24, 2.45) is 4.99 Å². The monoisotopic (exact) mass is 524 g/mol. The molecule has 2 aliphatic heterocycles. The molecule has 2 aliphatic rings. The maximum Gasteiger partial charge on any atom is 0.193 e. The SMILES string of the molecule is CN=C(NCCCc1nnc2n1CCCCC2)N1CCS(=O)(=O)C(C)(C)C1.I. The van der Waals surface area contributed by atoms with E-state index in [0.717, 1.165) is 50.0 Å². The number of aliphatic imine (C=N–C) groups is 1. The minimum Gasteiger partial charge on any atom is -0.356 e. The van der Waals surface area contributed by atoms with Gasteiger partial charge in [-0.05, 0) is 33.1 Å². The third-order valence-corrected chi connectivity index (χ3v) is 8.13. The summed E-state index contributed by atoms with van der Waals surface area (Å²) in [5.41, 5.74) is 0. The summed E-state index contributed by atoms with van der Waals surface area (Å²) in [6.07, 6.45) is 6.53. The number of hydrogen-bond donors (Lipinski definition) is 1. The molecule has 8 nitrogen and oxygen atoms in total. The Bertz CT molecular complexity index is 790. The fraction of sp³-hybridized carbons (Fsp3) is 0.833. The second-order valence-electron chi connectivity index (χ2n) is 8.07. The molecule has 1 N–H and O–H groups in total. The number of guanidine groups is 1. The molecule has 10 heteroatoms. The van der Waals surface area contributed by atoms with Crippen molar-refractivity contribution in [2.75, 3.05) is 32.4 Å². The molecule has 3 rings (SSSR count). The maximum absolute atomic E-state index is 12.2. The van der Waals surface area contributed by atoms with E-state index in [1.54, 1.807) is 20.9 Å². The Hall–Kier alpha value is -0.910. The smallest absolute Gasteiger partial charge is 0.193 e. The summed E-state index contributed by atoms with van der Waals surface area (Å²) in [6.45, 7) is 6.34. The normalized spacial score (nSPS) is 21.4. The summed E-state index contributed by atoms with van der Waals surface area (Å²) in [5, 5.41) is 12.1. The highest BCUT2D eigenvalue weighted by Crippen LogP contribution is 2.23. The van der Waals surface area contributed by atoms with Crippen molar-refractivity contribution in [1.82, 2.24) is 25.0 Å². The number of aryl methyl sites for hydroxylation is 2. The van der Waals surface area contributed by atoms with Crippen molar-refractivity contribution in [3.8, 4) is 0 Å². The van der Waals surface area contributed by atoms with Crippen molar-refractivity contribution in [2.45, 2.75) is 63.7 Å². The van der Waals surface area contributed by atoms with Gasteiger partial charge in [-0.15, -0.1) is 34.2 Å². The summed E-state index contributed by atoms with van der Waals surface area (Å²) >= 11 is 0. The Kier molecular flexibility index (Phi) is 8.12. The van der Waals surface area contributed by atoms with E-state index in [9.17, 15) is 8.42 Å². The number of halogens is 1. The Balaban J connectivity index is 0.00000280. The number of fused-ring (bicyclic) bond motifs is 1. The van der Waals surface area contributed by atoms with Crippen LogP contribution in [0.3, 0.4) is 0 Å². The zero-order valence-electron chi connectivity index (χ0n) is 17.1. The lowest BCUT2D eigenvalue weighted by Crippen LogP contribution is -2.57. The van der Waals surface area contributed by atoms with E-state index in [-0.39, 0.29) is 29.7 Å². The molecule has 1 fully saturated rings. The number of nitrogens with one attached hydrogen (secondary N) is 1. The van der Waals surface area contributed by atoms with Crippen molar-refractivity contribution >= 4 is 39.8 Å². The average Bonchev–Trinajstić information content (AvgIpc) is 2.84. The Morgan fingerprint density at radius 3 is 2.71 bits per heavy atom. The zero-order chi connectivity index (χ0) is 19.5. The molecule has 0 saturated carbocycles. The predicted molar refractivity (Wildman–Crippen MR) is 122 cm³/mol. The number of nitrogens with zero attached hydrogens (tertiary/aromatic N) is 5. The van der Waals surface area contributed by atoms with Crippen molar-refractivity contribution in [3.63, 3.8) is 0 Å². The van der Waals surface area contributed by atoms with Gasteiger partial charge in [-0.25, -0.2) is 8.42 Å². The molecule has 0 aliphatic carbocycles. The van der Waals surface area contributed by atoms with E-state index >= 15 is 0 Å². The second kappa shape index (κ2) is 9.73. The van der Waals surface area contributed by atoms with Gasteiger partial charge in [0.15, 0.2) is 15.8 Å². The standard InChI is InChI=1S/C18H32N6O2S.HI/c1-18(2)14-23(12-13-27(18,25)26)17(19-3)20-10-7-9-16-22-21-15-8-5-4-6-11-24(15)16;/h4-14H2,1-3H3,(H,19,20);1H. The van der Waals surface area contributed by atoms with Crippen LogP contribution in [-0.4, -0.2) is 71.2 Å². The molecule has 0 atom stereocenters. The summed E-state index contributed by atoms with van der Waals surface area (Å²) in [6, 6.07) is 0. The average molecular weight is 524 g/mol. The lowest BCUT2D eigenvalue weighted by Gasteiger charge is -2.39. The van der Waals surface area contributed by atoms with Gasteiger partial charge in [0.1, 0.15) is 11.6 Å². The van der Waals surface area contributed by atoms with E-state index in [4.69, 9.17) is 0 Å². The van der Waals surface area contributed by atoms with Crippen LogP contribution in [0.5, 0.6) is 0 Å². The third kappa shape index (κ3) is 5.17. The van der Waals surface area contributed by atoms with Gasteiger partial charge in [0.2, 0.25) is 0 Å². The van der Waals surface area contributed by atoms with E-state index in [1.807, 2.05) is 4.90 Å². The first-order valence-corrected chi connectivity index (χ1v) is 11.6. The largest absolute Gasteiger partial charge is 0.356 e. The van der Waals surface area contributed by atoms with Crippen molar-refractivity contribution < 1.29 is 8.42 Å². The van der Waals surface area contributed by atoms with E-state index in [2.05, 4.69) is 25.1 Å². The van der Waals surface area contributed by atoms with Gasteiger partial charge < -0.3 is 14.8 Å². The van der Waals surface area contributed by atoms with Crippen molar-refractivity contribution in [3.05, 3.63) is 11.6 Å². The van der Waals surface area contributed by atoms with Crippen molar-refractivity contribution in [1.29, 1.82) is 0 Å². The van der Waals surface area contributed by atoms with E-state index in [1.165, 1.54) is 19.3 Å². The first-order chi connectivity index (χ1) is 12.8. The summed E-state index contributed by atoms with van der Waals surface area (Å²) in [4.78, 5) is 6.39. The van der Waals surface area contributed by atoms with Crippen LogP contribution < -0.4 is 5.32 Å². The molecular formula is C18H33IN6O2S. The maximum atomic E-state index is 12.2. The molecule has 28 heavy (non-hydrogen) atoms. The van der Waals surface area contributed by atoms with Gasteiger partial charge in [0.05, 0.1) is 10.5 Å². The highest BCUT2D eigenvalue weighted by molar-refractivity contribution is 14.0. The molecule has 0 unspecified atom stereocenters. The molecule has 160 valence electrons. The molecule has 1 saturated heterocycles. The summed E-state index contributed by atoms with van der Waals surface area (Å²) in [5.74, 6) is 3.15. The quantitative estimate of drug-likeness (QED) is 0.279. The van der Waals surface area contributed by atoms with Gasteiger partial charge in [-0.3, -0.25) is 4.99 Å². The van der Waals surface area contributed by atoms with Gasteiger partial charge in [-0.1, -0.05) is 6.42 Å². The highest BCUT2D eigenvalue weighted by Gasteiger charge is 2.40. The van der Waals surface area contributed by atoms with Crippen LogP contribution in [-0.2, 0) is 29.2 Å². The summed E-state index contributed by atoms with van der Waals surface area (Å²) < 4.78 is 25.9. The Morgan fingerprint density at radius 1 is 1.21 bits per heavy atom. The molecular weight excluding hydrogens is 491 g/mol. The van der Waals surface area contributed by atoms with Crippen LogP contribution in [0.25, 0.3) is 0 Å². The first kappa shape index (κ1) is 23.4. The lowest BCUT2D eigenvalue weighted by atomic mass is 10.2. The second-order valence-corrected chi connectivity index (χ2v) is 10.8. The van der Waals surface area contributed by atoms with Gasteiger partial charge in [0.25, 0.3) is 0 Å². The fourth-order valence-corrected chi connectivity index (χ4v) is 5.20. The van der Waals surface area contributed by atoms with Gasteiger partial charge >= 0.3 is 0 Å². The fourth-order valence-electron chi connectivity index (χ4n) is 3.83. The van der Waals surface area contributed by atoms with Crippen LogP contribution in [0.2, 0.25) is 0 Å². The van der Waals surface area contributed by atoms with Gasteiger partial charge in [0, 0.05) is 46.1 Å². The number of rotatable bonds is 4. The number of hydrogen-bond acceptors (Lipinski definition) is 5. The third-order valence-electron chi connectivity index (χ3n) is 5.60. The first-order valence-electron chi connectivity index (χ1n) is 9.93. The Morgan fingerprint density at radius 2 is 2.00 bits per heavy atom. The molecule has 1 aromatic heterocycles. The van der Waals surface area contributed by atoms with Crippen LogP contribution in [0, 0.1) is 0 Å². The Labute approximate surface area is 185 Å². The van der Waals surface area contributed by atoms with Crippen LogP contribution >= 0.6 is 24.0 Å². The molecule has 0 bridgehead atoms.